The van der Waals surface area contributed by atoms with Gasteiger partial charge in [-0.15, -0.1) is 0 Å². The average Bonchev–Trinajstić information content (AvgIpc) is 2.33. The van der Waals surface area contributed by atoms with Gasteiger partial charge >= 0.3 is 11.7 Å². The van der Waals surface area contributed by atoms with Gasteiger partial charge in [0.25, 0.3) is 0 Å². The number of nitro benzene ring substituents is 1. The van der Waals surface area contributed by atoms with E-state index in [0.29, 0.717) is 24.8 Å². The van der Waals surface area contributed by atoms with Crippen molar-refractivity contribution in [3.63, 3.8) is 0 Å². The second-order valence-corrected chi connectivity index (χ2v) is 4.88. The van der Waals surface area contributed by atoms with Crippen LogP contribution >= 0.6 is 0 Å². The Bertz CT molecular complexity index is 522. The maximum absolute atomic E-state index is 11.3. The second-order valence-electron chi connectivity index (χ2n) is 4.88. The molecular weight excluding hydrogens is 250 g/mol. The molecule has 0 saturated heterocycles. The molecule has 1 aliphatic carbocycles. The molecule has 0 atom stereocenters. The molecule has 0 radical (unpaired) electrons. The van der Waals surface area contributed by atoms with Crippen LogP contribution in [0.3, 0.4) is 0 Å². The summed E-state index contributed by atoms with van der Waals surface area (Å²) in [6.07, 6.45) is 2.47. The fourth-order valence-electron chi connectivity index (χ4n) is 2.45. The van der Waals surface area contributed by atoms with E-state index in [0.717, 1.165) is 6.42 Å². The molecule has 0 aliphatic heterocycles. The Morgan fingerprint density at radius 3 is 2.63 bits per heavy atom. The van der Waals surface area contributed by atoms with E-state index in [4.69, 9.17) is 4.74 Å². The van der Waals surface area contributed by atoms with Gasteiger partial charge < -0.3 is 9.84 Å². The van der Waals surface area contributed by atoms with Gasteiger partial charge in [-0.1, -0.05) is 12.5 Å². The lowest BCUT2D eigenvalue weighted by molar-refractivity contribution is -0.385. The fourth-order valence-corrected chi connectivity index (χ4v) is 2.45. The molecule has 0 bridgehead atoms. The Morgan fingerprint density at radius 1 is 1.53 bits per heavy atom. The van der Waals surface area contributed by atoms with E-state index in [2.05, 4.69) is 0 Å². The summed E-state index contributed by atoms with van der Waals surface area (Å²) in [5.41, 5.74) is -0.211. The lowest BCUT2D eigenvalue weighted by Crippen LogP contribution is -2.39. The molecule has 6 heteroatoms. The molecule has 1 aromatic rings. The maximum Gasteiger partial charge on any atom is 0.311 e. The zero-order chi connectivity index (χ0) is 14.0. The van der Waals surface area contributed by atoms with Crippen LogP contribution < -0.4 is 4.74 Å². The minimum Gasteiger partial charge on any atom is -0.490 e. The lowest BCUT2D eigenvalue weighted by Gasteiger charge is -2.37. The Kier molecular flexibility index (Phi) is 3.42. The van der Waals surface area contributed by atoms with Crippen LogP contribution in [0, 0.1) is 15.5 Å². The first-order valence-corrected chi connectivity index (χ1v) is 6.03. The van der Waals surface area contributed by atoms with Crippen molar-refractivity contribution in [3.8, 4) is 5.75 Å². The molecule has 1 aliphatic rings. The topological polar surface area (TPSA) is 89.7 Å². The molecule has 0 heterocycles. The van der Waals surface area contributed by atoms with Gasteiger partial charge in [-0.3, -0.25) is 14.9 Å². The summed E-state index contributed by atoms with van der Waals surface area (Å²) < 4.78 is 4.92. The summed E-state index contributed by atoms with van der Waals surface area (Å²) in [5, 5.41) is 20.2. The van der Waals surface area contributed by atoms with Crippen LogP contribution in [-0.2, 0) is 11.2 Å². The molecule has 1 N–H and O–H groups in total. The second kappa shape index (κ2) is 4.87. The molecule has 0 spiro atoms. The molecule has 0 aromatic heterocycles. The molecule has 1 aromatic carbocycles. The van der Waals surface area contributed by atoms with Crippen molar-refractivity contribution in [2.45, 2.75) is 25.7 Å². The van der Waals surface area contributed by atoms with E-state index in [9.17, 15) is 20.0 Å². The normalized spacial score (nSPS) is 16.5. The summed E-state index contributed by atoms with van der Waals surface area (Å²) in [7, 11) is 1.37. The van der Waals surface area contributed by atoms with E-state index in [1.54, 1.807) is 6.07 Å². The van der Waals surface area contributed by atoms with E-state index in [-0.39, 0.29) is 11.4 Å². The third-order valence-electron chi connectivity index (χ3n) is 3.75. The van der Waals surface area contributed by atoms with Gasteiger partial charge in [-0.2, -0.15) is 0 Å². The van der Waals surface area contributed by atoms with Crippen molar-refractivity contribution in [3.05, 3.63) is 33.9 Å². The molecule has 0 unspecified atom stereocenters. The van der Waals surface area contributed by atoms with Crippen LogP contribution in [0.25, 0.3) is 0 Å². The minimum atomic E-state index is -0.822. The smallest absolute Gasteiger partial charge is 0.311 e. The molecule has 2 rings (SSSR count). The van der Waals surface area contributed by atoms with Crippen molar-refractivity contribution < 1.29 is 19.6 Å². The van der Waals surface area contributed by atoms with Gasteiger partial charge in [0.15, 0.2) is 5.75 Å². The Morgan fingerprint density at radius 2 is 2.21 bits per heavy atom. The Labute approximate surface area is 110 Å². The van der Waals surface area contributed by atoms with Crippen LogP contribution in [-0.4, -0.2) is 23.1 Å². The number of benzene rings is 1. The molecular formula is C13H15NO5. The lowest BCUT2D eigenvalue weighted by atomic mass is 9.65. The third kappa shape index (κ3) is 2.38. The highest BCUT2D eigenvalue weighted by molar-refractivity contribution is 5.76. The number of rotatable bonds is 5. The molecule has 1 saturated carbocycles. The van der Waals surface area contributed by atoms with Crippen LogP contribution in [0.15, 0.2) is 18.2 Å². The van der Waals surface area contributed by atoms with Crippen molar-refractivity contribution in [2.75, 3.05) is 7.11 Å². The van der Waals surface area contributed by atoms with Gasteiger partial charge in [-0.25, -0.2) is 0 Å². The first kappa shape index (κ1) is 13.3. The fraction of sp³-hybridized carbons (Fsp3) is 0.462. The predicted molar refractivity (Wildman–Crippen MR) is 67.3 cm³/mol. The third-order valence-corrected chi connectivity index (χ3v) is 3.75. The monoisotopic (exact) mass is 265 g/mol. The number of nitro groups is 1. The number of carboxylic acid groups (broad SMARTS) is 1. The van der Waals surface area contributed by atoms with Gasteiger partial charge in [0, 0.05) is 6.07 Å². The minimum absolute atomic E-state index is 0.125. The van der Waals surface area contributed by atoms with Crippen molar-refractivity contribution in [1.82, 2.24) is 0 Å². The first-order valence-electron chi connectivity index (χ1n) is 6.03. The van der Waals surface area contributed by atoms with E-state index in [1.165, 1.54) is 19.2 Å². The van der Waals surface area contributed by atoms with E-state index < -0.39 is 16.3 Å². The highest BCUT2D eigenvalue weighted by Gasteiger charge is 2.44. The summed E-state index contributed by atoms with van der Waals surface area (Å²) in [6.45, 7) is 0. The average molecular weight is 265 g/mol. The van der Waals surface area contributed by atoms with Crippen LogP contribution in [0.2, 0.25) is 0 Å². The zero-order valence-corrected chi connectivity index (χ0v) is 10.6. The number of hydrogen-bond donors (Lipinski definition) is 1. The van der Waals surface area contributed by atoms with Gasteiger partial charge in [0.1, 0.15) is 0 Å². The van der Waals surface area contributed by atoms with Crippen molar-refractivity contribution in [1.29, 1.82) is 0 Å². The number of carboxylic acids is 1. The number of hydrogen-bond acceptors (Lipinski definition) is 4. The van der Waals surface area contributed by atoms with Crippen molar-refractivity contribution >= 4 is 11.7 Å². The van der Waals surface area contributed by atoms with Crippen LogP contribution in [0.4, 0.5) is 5.69 Å². The number of aliphatic carboxylic acids is 1. The number of ether oxygens (including phenoxy) is 1. The predicted octanol–water partition coefficient (Wildman–Crippen LogP) is 2.40. The highest BCUT2D eigenvalue weighted by atomic mass is 16.6. The number of nitrogens with zero attached hydrogens (tertiary/aromatic N) is 1. The Balaban J connectivity index is 2.29. The van der Waals surface area contributed by atoms with Crippen LogP contribution in [0.5, 0.6) is 5.75 Å². The largest absolute Gasteiger partial charge is 0.490 e. The van der Waals surface area contributed by atoms with Gasteiger partial charge in [0.2, 0.25) is 0 Å². The number of carbonyl (C=O) groups is 1. The summed E-state index contributed by atoms with van der Waals surface area (Å²) in [5.74, 6) is -0.635. The summed E-state index contributed by atoms with van der Waals surface area (Å²) >= 11 is 0. The first-order chi connectivity index (χ1) is 8.98. The summed E-state index contributed by atoms with van der Waals surface area (Å²) in [4.78, 5) is 21.7. The zero-order valence-electron chi connectivity index (χ0n) is 10.6. The maximum atomic E-state index is 11.3. The molecule has 6 nitrogen and oxygen atoms in total. The molecule has 102 valence electrons. The highest BCUT2D eigenvalue weighted by Crippen LogP contribution is 2.44. The standard InChI is InChI=1S/C13H15NO5/c1-19-11-4-3-9(7-10(11)14(17)18)8-13(12(15)16)5-2-6-13/h3-4,7H,2,5-6,8H2,1H3,(H,15,16). The van der Waals surface area contributed by atoms with E-state index >= 15 is 0 Å². The summed E-state index contributed by atoms with van der Waals surface area (Å²) in [6, 6.07) is 4.61. The van der Waals surface area contributed by atoms with Crippen molar-refractivity contribution in [2.24, 2.45) is 5.41 Å². The van der Waals surface area contributed by atoms with Crippen LogP contribution in [0.1, 0.15) is 24.8 Å². The molecule has 19 heavy (non-hydrogen) atoms. The molecule has 1 fully saturated rings. The Hall–Kier alpha value is -2.11. The van der Waals surface area contributed by atoms with Gasteiger partial charge in [0.05, 0.1) is 17.4 Å². The SMILES string of the molecule is COc1ccc(CC2(C(=O)O)CCC2)cc1[N+](=O)[O-]. The quantitative estimate of drug-likeness (QED) is 0.652. The van der Waals surface area contributed by atoms with E-state index in [1.807, 2.05) is 0 Å². The molecule has 0 amide bonds. The number of methoxy groups -OCH3 is 1. The van der Waals surface area contributed by atoms with Gasteiger partial charge in [-0.05, 0) is 30.9 Å².